The van der Waals surface area contributed by atoms with Crippen LogP contribution in [0.25, 0.3) is 0 Å². The molecule has 1 aliphatic rings. The quantitative estimate of drug-likeness (QED) is 0.941. The van der Waals surface area contributed by atoms with Crippen molar-refractivity contribution in [1.82, 2.24) is 15.2 Å². The number of para-hydroxylation sites is 1. The highest BCUT2D eigenvalue weighted by atomic mass is 16.5. The maximum Gasteiger partial charge on any atom is 0.123 e. The average Bonchev–Trinajstić information content (AvgIpc) is 2.57. The van der Waals surface area contributed by atoms with Gasteiger partial charge in [0.2, 0.25) is 0 Å². The fourth-order valence-electron chi connectivity index (χ4n) is 3.06. The predicted molar refractivity (Wildman–Crippen MR) is 88.0 cm³/mol. The van der Waals surface area contributed by atoms with Crippen molar-refractivity contribution in [2.24, 2.45) is 0 Å². The van der Waals surface area contributed by atoms with E-state index in [0.717, 1.165) is 37.6 Å². The van der Waals surface area contributed by atoms with E-state index in [1.807, 2.05) is 24.4 Å². The molecular formula is C18H23N3O. The zero-order valence-corrected chi connectivity index (χ0v) is 13.2. The zero-order chi connectivity index (χ0) is 15.4. The number of benzene rings is 1. The second-order valence-corrected chi connectivity index (χ2v) is 5.70. The number of ether oxygens (including phenoxy) is 1. The average molecular weight is 297 g/mol. The van der Waals surface area contributed by atoms with Crippen molar-refractivity contribution in [1.29, 1.82) is 0 Å². The Bertz CT molecular complexity index is 629. The fourth-order valence-corrected chi connectivity index (χ4v) is 3.06. The number of hydrogen-bond acceptors (Lipinski definition) is 4. The molecule has 116 valence electrons. The molecule has 4 nitrogen and oxygen atoms in total. The van der Waals surface area contributed by atoms with E-state index in [-0.39, 0.29) is 0 Å². The summed E-state index contributed by atoms with van der Waals surface area (Å²) in [5.74, 6) is 0.957. The van der Waals surface area contributed by atoms with E-state index in [1.54, 1.807) is 7.11 Å². The Morgan fingerprint density at radius 3 is 2.95 bits per heavy atom. The van der Waals surface area contributed by atoms with Gasteiger partial charge in [0.1, 0.15) is 5.75 Å². The van der Waals surface area contributed by atoms with Crippen molar-refractivity contribution in [3.05, 3.63) is 59.4 Å². The van der Waals surface area contributed by atoms with Gasteiger partial charge < -0.3 is 10.1 Å². The van der Waals surface area contributed by atoms with Crippen molar-refractivity contribution in [3.8, 4) is 5.75 Å². The minimum absolute atomic E-state index is 0.311. The molecule has 3 rings (SSSR count). The van der Waals surface area contributed by atoms with Gasteiger partial charge in [0, 0.05) is 37.9 Å². The van der Waals surface area contributed by atoms with Crippen LogP contribution in [0.5, 0.6) is 5.75 Å². The number of methoxy groups -OCH3 is 1. The van der Waals surface area contributed by atoms with Crippen LogP contribution in [-0.4, -0.2) is 36.6 Å². The summed E-state index contributed by atoms with van der Waals surface area (Å²) < 4.78 is 5.55. The van der Waals surface area contributed by atoms with Gasteiger partial charge >= 0.3 is 0 Å². The number of nitrogens with one attached hydrogen (secondary N) is 1. The maximum absolute atomic E-state index is 5.55. The molecule has 0 aliphatic carbocycles. The first-order chi connectivity index (χ1) is 10.8. The lowest BCUT2D eigenvalue weighted by atomic mass is 10.0. The number of aromatic nitrogens is 1. The molecule has 1 atom stereocenters. The Morgan fingerprint density at radius 1 is 1.27 bits per heavy atom. The van der Waals surface area contributed by atoms with Crippen molar-refractivity contribution < 1.29 is 4.74 Å². The van der Waals surface area contributed by atoms with E-state index in [9.17, 15) is 0 Å². The standard InChI is InChI=1S/C18H23N3O/c1-14-6-5-9-20-16(14)13-21-11-10-19-12-17(21)15-7-3-4-8-18(15)22-2/h3-9,17,19H,10-13H2,1-2H3/t17-/m1/s1. The van der Waals surface area contributed by atoms with Gasteiger partial charge in [0.25, 0.3) is 0 Å². The Kier molecular flexibility index (Phi) is 4.71. The molecule has 1 N–H and O–H groups in total. The lowest BCUT2D eigenvalue weighted by Gasteiger charge is -2.37. The molecule has 4 heteroatoms. The summed E-state index contributed by atoms with van der Waals surface area (Å²) in [5.41, 5.74) is 3.65. The predicted octanol–water partition coefficient (Wildman–Crippen LogP) is 2.55. The highest BCUT2D eigenvalue weighted by Crippen LogP contribution is 2.31. The molecule has 0 bridgehead atoms. The van der Waals surface area contributed by atoms with Gasteiger partial charge in [0.15, 0.2) is 0 Å². The van der Waals surface area contributed by atoms with Crippen LogP contribution in [0.4, 0.5) is 0 Å². The molecule has 0 unspecified atom stereocenters. The van der Waals surface area contributed by atoms with Crippen molar-refractivity contribution in [3.63, 3.8) is 0 Å². The van der Waals surface area contributed by atoms with Crippen LogP contribution in [0.3, 0.4) is 0 Å². The van der Waals surface area contributed by atoms with Gasteiger partial charge in [-0.25, -0.2) is 0 Å². The second kappa shape index (κ2) is 6.90. The van der Waals surface area contributed by atoms with E-state index in [1.165, 1.54) is 11.1 Å². The van der Waals surface area contributed by atoms with Crippen molar-refractivity contribution in [2.75, 3.05) is 26.7 Å². The number of aryl methyl sites for hydroxylation is 1. The number of piperazine rings is 1. The van der Waals surface area contributed by atoms with E-state index in [2.05, 4.69) is 40.3 Å². The van der Waals surface area contributed by atoms with Crippen LogP contribution in [0, 0.1) is 6.92 Å². The summed E-state index contributed by atoms with van der Waals surface area (Å²) in [6.45, 7) is 5.96. The highest BCUT2D eigenvalue weighted by Gasteiger charge is 2.26. The second-order valence-electron chi connectivity index (χ2n) is 5.70. The first-order valence-corrected chi connectivity index (χ1v) is 7.78. The Balaban J connectivity index is 1.87. The summed E-state index contributed by atoms with van der Waals surface area (Å²) in [5, 5.41) is 3.50. The lowest BCUT2D eigenvalue weighted by Crippen LogP contribution is -2.45. The number of nitrogens with zero attached hydrogens (tertiary/aromatic N) is 2. The minimum Gasteiger partial charge on any atom is -0.496 e. The summed E-state index contributed by atoms with van der Waals surface area (Å²) >= 11 is 0. The first-order valence-electron chi connectivity index (χ1n) is 7.78. The fraction of sp³-hybridized carbons (Fsp3) is 0.389. The molecule has 22 heavy (non-hydrogen) atoms. The Labute approximate surface area is 132 Å². The third kappa shape index (κ3) is 3.13. The third-order valence-electron chi connectivity index (χ3n) is 4.32. The molecule has 1 saturated heterocycles. The van der Waals surface area contributed by atoms with Gasteiger partial charge in [-0.15, -0.1) is 0 Å². The zero-order valence-electron chi connectivity index (χ0n) is 13.2. The number of rotatable bonds is 4. The SMILES string of the molecule is COc1ccccc1[C@H]1CNCCN1Cc1ncccc1C. The highest BCUT2D eigenvalue weighted by molar-refractivity contribution is 5.36. The third-order valence-corrected chi connectivity index (χ3v) is 4.32. The smallest absolute Gasteiger partial charge is 0.123 e. The molecule has 1 aliphatic heterocycles. The van der Waals surface area contributed by atoms with Crippen molar-refractivity contribution >= 4 is 0 Å². The molecule has 0 spiro atoms. The Hall–Kier alpha value is -1.91. The topological polar surface area (TPSA) is 37.4 Å². The molecule has 1 fully saturated rings. The van der Waals surface area contributed by atoms with Crippen LogP contribution in [0.2, 0.25) is 0 Å². The Morgan fingerprint density at radius 2 is 2.14 bits per heavy atom. The van der Waals surface area contributed by atoms with E-state index in [0.29, 0.717) is 6.04 Å². The van der Waals surface area contributed by atoms with E-state index >= 15 is 0 Å². The summed E-state index contributed by atoms with van der Waals surface area (Å²) in [6.07, 6.45) is 1.88. The molecule has 2 aromatic rings. The maximum atomic E-state index is 5.55. The molecule has 0 amide bonds. The van der Waals surface area contributed by atoms with Gasteiger partial charge in [-0.05, 0) is 24.6 Å². The van der Waals surface area contributed by atoms with Gasteiger partial charge in [-0.1, -0.05) is 24.3 Å². The summed E-state index contributed by atoms with van der Waals surface area (Å²) in [4.78, 5) is 7.04. The largest absolute Gasteiger partial charge is 0.496 e. The summed E-state index contributed by atoms with van der Waals surface area (Å²) in [7, 11) is 1.74. The summed E-state index contributed by atoms with van der Waals surface area (Å²) in [6, 6.07) is 12.7. The first kappa shape index (κ1) is 15.0. The minimum atomic E-state index is 0.311. The van der Waals surface area contributed by atoms with Gasteiger partial charge in [0.05, 0.1) is 18.8 Å². The molecule has 1 aromatic carbocycles. The van der Waals surface area contributed by atoms with E-state index in [4.69, 9.17) is 4.74 Å². The molecule has 1 aromatic heterocycles. The van der Waals surface area contributed by atoms with Crippen LogP contribution in [-0.2, 0) is 6.54 Å². The molecule has 0 radical (unpaired) electrons. The van der Waals surface area contributed by atoms with Crippen LogP contribution < -0.4 is 10.1 Å². The van der Waals surface area contributed by atoms with Gasteiger partial charge in [-0.2, -0.15) is 0 Å². The van der Waals surface area contributed by atoms with Crippen LogP contribution >= 0.6 is 0 Å². The lowest BCUT2D eigenvalue weighted by molar-refractivity contribution is 0.149. The molecular weight excluding hydrogens is 274 g/mol. The van der Waals surface area contributed by atoms with E-state index < -0.39 is 0 Å². The van der Waals surface area contributed by atoms with Gasteiger partial charge in [-0.3, -0.25) is 9.88 Å². The van der Waals surface area contributed by atoms with Crippen LogP contribution in [0.1, 0.15) is 22.9 Å². The molecule has 0 saturated carbocycles. The molecule has 2 heterocycles. The number of hydrogen-bond donors (Lipinski definition) is 1. The van der Waals surface area contributed by atoms with Crippen molar-refractivity contribution in [2.45, 2.75) is 19.5 Å². The van der Waals surface area contributed by atoms with Crippen LogP contribution in [0.15, 0.2) is 42.6 Å². The number of pyridine rings is 1. The monoisotopic (exact) mass is 297 g/mol. The normalized spacial score (nSPS) is 19.1.